The number of para-hydroxylation sites is 1. The Kier molecular flexibility index (Phi) is 5.15. The van der Waals surface area contributed by atoms with Crippen molar-refractivity contribution in [2.75, 3.05) is 11.9 Å². The molecular weight excluding hydrogens is 276 g/mol. The van der Waals surface area contributed by atoms with Gasteiger partial charge in [-0.15, -0.1) is 0 Å². The first-order valence-electron chi connectivity index (χ1n) is 7.42. The highest BCUT2D eigenvalue weighted by molar-refractivity contribution is 5.93. The fourth-order valence-electron chi connectivity index (χ4n) is 2.20. The molecular formula is C18H22N2O2. The molecule has 0 spiro atoms. The molecule has 4 nitrogen and oxygen atoms in total. The van der Waals surface area contributed by atoms with Crippen molar-refractivity contribution in [1.82, 2.24) is 4.98 Å². The summed E-state index contributed by atoms with van der Waals surface area (Å²) >= 11 is 0. The number of pyridine rings is 1. The molecule has 0 unspecified atom stereocenters. The van der Waals surface area contributed by atoms with Gasteiger partial charge in [-0.3, -0.25) is 4.79 Å². The highest BCUT2D eigenvalue weighted by atomic mass is 16.5. The van der Waals surface area contributed by atoms with Gasteiger partial charge in [0.1, 0.15) is 0 Å². The van der Waals surface area contributed by atoms with Crippen LogP contribution in [-0.4, -0.2) is 17.5 Å². The number of rotatable bonds is 5. The number of nitrogens with zero attached hydrogens (tertiary/aromatic N) is 1. The normalized spacial score (nSPS) is 10.6. The van der Waals surface area contributed by atoms with Gasteiger partial charge in [0.15, 0.2) is 6.61 Å². The van der Waals surface area contributed by atoms with Gasteiger partial charge in [0.05, 0.1) is 0 Å². The van der Waals surface area contributed by atoms with E-state index in [9.17, 15) is 4.79 Å². The molecule has 0 fully saturated rings. The maximum Gasteiger partial charge on any atom is 0.262 e. The Balaban J connectivity index is 2.02. The van der Waals surface area contributed by atoms with Gasteiger partial charge in [-0.25, -0.2) is 4.98 Å². The Morgan fingerprint density at radius 1 is 1.23 bits per heavy atom. The lowest BCUT2D eigenvalue weighted by Crippen LogP contribution is -2.22. The predicted molar refractivity (Wildman–Crippen MR) is 88.4 cm³/mol. The van der Waals surface area contributed by atoms with Gasteiger partial charge in [0.2, 0.25) is 5.88 Å². The van der Waals surface area contributed by atoms with Gasteiger partial charge in [-0.2, -0.15) is 0 Å². The number of aromatic nitrogens is 1. The number of nitrogens with one attached hydrogen (secondary N) is 1. The molecule has 0 aliphatic heterocycles. The fraction of sp³-hybridized carbons (Fsp3) is 0.333. The summed E-state index contributed by atoms with van der Waals surface area (Å²) in [5.41, 5.74) is 4.11. The molecule has 2 aromatic rings. The van der Waals surface area contributed by atoms with E-state index in [1.165, 1.54) is 0 Å². The zero-order chi connectivity index (χ0) is 16.1. The summed E-state index contributed by atoms with van der Waals surface area (Å²) in [6.45, 7) is 8.11. The largest absolute Gasteiger partial charge is 0.468 e. The van der Waals surface area contributed by atoms with E-state index in [0.717, 1.165) is 22.4 Å². The minimum Gasteiger partial charge on any atom is -0.468 e. The number of hydrogen-bond acceptors (Lipinski definition) is 3. The van der Waals surface area contributed by atoms with Crippen LogP contribution in [0.3, 0.4) is 0 Å². The number of carbonyl (C=O) groups excluding carboxylic acids is 1. The smallest absolute Gasteiger partial charge is 0.262 e. The van der Waals surface area contributed by atoms with Crippen molar-refractivity contribution >= 4 is 11.6 Å². The fourth-order valence-corrected chi connectivity index (χ4v) is 2.20. The summed E-state index contributed by atoms with van der Waals surface area (Å²) in [7, 11) is 0. The maximum atomic E-state index is 12.1. The summed E-state index contributed by atoms with van der Waals surface area (Å²) in [5.74, 6) is 0.614. The minimum atomic E-state index is -0.182. The zero-order valence-corrected chi connectivity index (χ0v) is 13.5. The number of aryl methyl sites for hydroxylation is 2. The number of amides is 1. The van der Waals surface area contributed by atoms with Crippen LogP contribution in [0.25, 0.3) is 0 Å². The Labute approximate surface area is 131 Å². The molecule has 4 heteroatoms. The lowest BCUT2D eigenvalue weighted by Gasteiger charge is -2.16. The summed E-state index contributed by atoms with van der Waals surface area (Å²) in [6, 6.07) is 9.70. The summed E-state index contributed by atoms with van der Waals surface area (Å²) in [6.07, 6.45) is 1.71. The minimum absolute atomic E-state index is 0.0536. The lowest BCUT2D eigenvalue weighted by molar-refractivity contribution is -0.118. The predicted octanol–water partition coefficient (Wildman–Crippen LogP) is 3.84. The molecule has 1 N–H and O–H groups in total. The van der Waals surface area contributed by atoms with Crippen LogP contribution in [0.5, 0.6) is 5.88 Å². The molecule has 0 aliphatic carbocycles. The molecule has 0 saturated carbocycles. The summed E-state index contributed by atoms with van der Waals surface area (Å²) < 4.78 is 5.41. The standard InChI is InChI=1S/C18H22N2O2/c1-12(2)15-7-5-6-14(4)18(15)20-16(21)11-22-17-9-8-13(3)10-19-17/h5-10,12H,11H2,1-4H3,(H,20,21). The van der Waals surface area contributed by atoms with Gasteiger partial charge in [0, 0.05) is 18.0 Å². The van der Waals surface area contributed by atoms with Crippen molar-refractivity contribution in [2.45, 2.75) is 33.6 Å². The molecule has 1 aromatic carbocycles. The second-order valence-corrected chi connectivity index (χ2v) is 5.70. The van der Waals surface area contributed by atoms with E-state index in [-0.39, 0.29) is 12.5 Å². The van der Waals surface area contributed by atoms with Crippen LogP contribution in [0, 0.1) is 13.8 Å². The number of carbonyl (C=O) groups is 1. The van der Waals surface area contributed by atoms with Crippen molar-refractivity contribution < 1.29 is 9.53 Å². The summed E-state index contributed by atoms with van der Waals surface area (Å²) in [5, 5.41) is 2.95. The number of anilines is 1. The van der Waals surface area contributed by atoms with Crippen molar-refractivity contribution in [2.24, 2.45) is 0 Å². The van der Waals surface area contributed by atoms with Crippen molar-refractivity contribution in [1.29, 1.82) is 0 Å². The topological polar surface area (TPSA) is 51.2 Å². The molecule has 0 aliphatic rings. The summed E-state index contributed by atoms with van der Waals surface area (Å²) in [4.78, 5) is 16.2. The van der Waals surface area contributed by atoms with Crippen LogP contribution in [0.4, 0.5) is 5.69 Å². The van der Waals surface area contributed by atoms with Crippen molar-refractivity contribution in [3.8, 4) is 5.88 Å². The van der Waals surface area contributed by atoms with Gasteiger partial charge in [0.25, 0.3) is 5.91 Å². The van der Waals surface area contributed by atoms with Gasteiger partial charge >= 0.3 is 0 Å². The van der Waals surface area contributed by atoms with E-state index in [1.807, 2.05) is 38.1 Å². The van der Waals surface area contributed by atoms with Crippen LogP contribution in [0.1, 0.15) is 36.5 Å². The number of ether oxygens (including phenoxy) is 1. The molecule has 0 atom stereocenters. The molecule has 1 amide bonds. The average Bonchev–Trinajstić information content (AvgIpc) is 2.48. The highest BCUT2D eigenvalue weighted by Crippen LogP contribution is 2.27. The maximum absolute atomic E-state index is 12.1. The molecule has 0 saturated heterocycles. The van der Waals surface area contributed by atoms with E-state index in [4.69, 9.17) is 4.74 Å². The number of benzene rings is 1. The van der Waals surface area contributed by atoms with Crippen LogP contribution < -0.4 is 10.1 Å². The van der Waals surface area contributed by atoms with Gasteiger partial charge < -0.3 is 10.1 Å². The first-order valence-corrected chi connectivity index (χ1v) is 7.42. The first-order chi connectivity index (χ1) is 10.5. The SMILES string of the molecule is Cc1ccc(OCC(=O)Nc2c(C)cccc2C(C)C)nc1. The monoisotopic (exact) mass is 298 g/mol. The molecule has 22 heavy (non-hydrogen) atoms. The average molecular weight is 298 g/mol. The molecule has 0 radical (unpaired) electrons. The van der Waals surface area contributed by atoms with Crippen LogP contribution >= 0.6 is 0 Å². The zero-order valence-electron chi connectivity index (χ0n) is 13.5. The molecule has 2 rings (SSSR count). The Morgan fingerprint density at radius 3 is 2.64 bits per heavy atom. The van der Waals surface area contributed by atoms with Crippen LogP contribution in [-0.2, 0) is 4.79 Å². The quantitative estimate of drug-likeness (QED) is 0.912. The molecule has 0 bridgehead atoms. The third-order valence-corrected chi connectivity index (χ3v) is 3.43. The molecule has 116 valence electrons. The van der Waals surface area contributed by atoms with E-state index in [0.29, 0.717) is 11.8 Å². The second-order valence-electron chi connectivity index (χ2n) is 5.70. The molecule has 1 aromatic heterocycles. The Morgan fingerprint density at radius 2 is 2.00 bits per heavy atom. The van der Waals surface area contributed by atoms with Crippen molar-refractivity contribution in [3.63, 3.8) is 0 Å². The Hall–Kier alpha value is -2.36. The third-order valence-electron chi connectivity index (χ3n) is 3.43. The van der Waals surface area contributed by atoms with Crippen LogP contribution in [0.15, 0.2) is 36.5 Å². The van der Waals surface area contributed by atoms with Gasteiger partial charge in [-0.1, -0.05) is 38.1 Å². The molecule has 1 heterocycles. The van der Waals surface area contributed by atoms with E-state index >= 15 is 0 Å². The van der Waals surface area contributed by atoms with Crippen molar-refractivity contribution in [3.05, 3.63) is 53.2 Å². The third kappa shape index (κ3) is 4.07. The van der Waals surface area contributed by atoms with Crippen LogP contribution in [0.2, 0.25) is 0 Å². The Bertz CT molecular complexity index is 649. The lowest BCUT2D eigenvalue weighted by atomic mass is 9.98. The first kappa shape index (κ1) is 16.0. The van der Waals surface area contributed by atoms with Gasteiger partial charge in [-0.05, 0) is 36.5 Å². The van der Waals surface area contributed by atoms with E-state index in [2.05, 4.69) is 24.1 Å². The van der Waals surface area contributed by atoms with E-state index in [1.54, 1.807) is 12.3 Å². The second kappa shape index (κ2) is 7.07. The highest BCUT2D eigenvalue weighted by Gasteiger charge is 2.12. The van der Waals surface area contributed by atoms with E-state index < -0.39 is 0 Å². The number of hydrogen-bond donors (Lipinski definition) is 1.